The van der Waals surface area contributed by atoms with Crippen LogP contribution in [0.2, 0.25) is 0 Å². The van der Waals surface area contributed by atoms with E-state index in [1.54, 1.807) is 0 Å². The van der Waals surface area contributed by atoms with Gasteiger partial charge in [-0.1, -0.05) is 42.2 Å². The van der Waals surface area contributed by atoms with Crippen molar-refractivity contribution in [2.45, 2.75) is 16.6 Å². The Morgan fingerprint density at radius 3 is 2.71 bits per heavy atom. The summed E-state index contributed by atoms with van der Waals surface area (Å²) in [4.78, 5) is 1.38. The Labute approximate surface area is 129 Å². The van der Waals surface area contributed by atoms with Gasteiger partial charge in [-0.05, 0) is 47.4 Å². The molecule has 0 spiro atoms. The summed E-state index contributed by atoms with van der Waals surface area (Å²) in [5.74, 6) is 7.01. The van der Waals surface area contributed by atoms with Crippen LogP contribution in [0.1, 0.15) is 11.1 Å². The van der Waals surface area contributed by atoms with Crippen molar-refractivity contribution in [2.75, 3.05) is 5.73 Å². The number of nitrogen functional groups attached to an aromatic ring is 1. The van der Waals surface area contributed by atoms with Crippen LogP contribution in [0.3, 0.4) is 0 Å². The Bertz CT molecular complexity index is 777. The molecule has 2 aliphatic rings. The molecule has 21 heavy (non-hydrogen) atoms. The molecule has 0 saturated carbocycles. The van der Waals surface area contributed by atoms with Gasteiger partial charge in [0.2, 0.25) is 0 Å². The van der Waals surface area contributed by atoms with E-state index in [1.165, 1.54) is 21.6 Å². The fourth-order valence-corrected chi connectivity index (χ4v) is 4.38. The molecule has 0 radical (unpaired) electrons. The maximum atomic E-state index is 5.76. The molecule has 4 rings (SSSR count). The van der Waals surface area contributed by atoms with E-state index in [0.29, 0.717) is 11.2 Å². The number of fused-ring (bicyclic) bond motifs is 3. The summed E-state index contributed by atoms with van der Waals surface area (Å²) in [7, 11) is 0. The predicted octanol–water partition coefficient (Wildman–Crippen LogP) is 4.00. The first-order valence-corrected chi connectivity index (χ1v) is 8.01. The summed E-state index contributed by atoms with van der Waals surface area (Å²) >= 11 is 1.96. The van der Waals surface area contributed by atoms with Crippen LogP contribution in [0.25, 0.3) is 5.57 Å². The molecule has 2 atom stereocenters. The van der Waals surface area contributed by atoms with Crippen LogP contribution in [-0.2, 0) is 6.42 Å². The Morgan fingerprint density at radius 2 is 1.86 bits per heavy atom. The molecule has 2 heteroatoms. The van der Waals surface area contributed by atoms with Gasteiger partial charge in [-0.3, -0.25) is 0 Å². The highest BCUT2D eigenvalue weighted by atomic mass is 32.2. The Hall–Kier alpha value is -2.11. The number of nitrogens with two attached hydrogens (primary N) is 1. The van der Waals surface area contributed by atoms with E-state index >= 15 is 0 Å². The number of benzene rings is 2. The normalized spacial score (nSPS) is 21.8. The highest BCUT2D eigenvalue weighted by molar-refractivity contribution is 8.00. The van der Waals surface area contributed by atoms with E-state index in [1.807, 2.05) is 23.9 Å². The maximum Gasteiger partial charge on any atom is 0.0498 e. The molecule has 0 amide bonds. The van der Waals surface area contributed by atoms with Crippen molar-refractivity contribution in [2.24, 2.45) is 5.92 Å². The topological polar surface area (TPSA) is 26.0 Å². The van der Waals surface area contributed by atoms with Gasteiger partial charge in [0.15, 0.2) is 0 Å². The molecule has 0 aromatic heterocycles. The average molecular weight is 289 g/mol. The van der Waals surface area contributed by atoms with Crippen molar-refractivity contribution in [3.8, 4) is 11.8 Å². The van der Waals surface area contributed by atoms with E-state index in [-0.39, 0.29) is 0 Å². The van der Waals surface area contributed by atoms with Crippen LogP contribution in [0.15, 0.2) is 59.5 Å². The van der Waals surface area contributed by atoms with Crippen molar-refractivity contribution in [3.63, 3.8) is 0 Å². The summed E-state index contributed by atoms with van der Waals surface area (Å²) in [5.41, 5.74) is 10.6. The van der Waals surface area contributed by atoms with Gasteiger partial charge >= 0.3 is 0 Å². The molecule has 0 fully saturated rings. The summed E-state index contributed by atoms with van der Waals surface area (Å²) in [6.45, 7) is 0. The average Bonchev–Trinajstić information content (AvgIpc) is 2.89. The largest absolute Gasteiger partial charge is 0.399 e. The van der Waals surface area contributed by atoms with Crippen molar-refractivity contribution in [3.05, 3.63) is 65.7 Å². The zero-order valence-corrected chi connectivity index (χ0v) is 12.4. The van der Waals surface area contributed by atoms with Crippen LogP contribution in [0, 0.1) is 17.8 Å². The number of hydrogen-bond acceptors (Lipinski definition) is 2. The molecule has 1 heterocycles. The zero-order valence-electron chi connectivity index (χ0n) is 11.5. The van der Waals surface area contributed by atoms with Crippen molar-refractivity contribution < 1.29 is 0 Å². The molecular weight excluding hydrogens is 274 g/mol. The fraction of sp³-hybridized carbons (Fsp3) is 0.158. The lowest BCUT2D eigenvalue weighted by Gasteiger charge is -2.21. The molecule has 0 saturated heterocycles. The first-order valence-electron chi connectivity index (χ1n) is 7.13. The summed E-state index contributed by atoms with van der Waals surface area (Å²) in [5, 5.41) is 0.459. The minimum absolute atomic E-state index is 0.367. The summed E-state index contributed by atoms with van der Waals surface area (Å²) in [6.07, 6.45) is 3.08. The first-order chi connectivity index (χ1) is 10.3. The quantitative estimate of drug-likeness (QED) is 0.668. The number of anilines is 1. The van der Waals surface area contributed by atoms with Gasteiger partial charge in [-0.25, -0.2) is 0 Å². The third kappa shape index (κ3) is 2.24. The minimum Gasteiger partial charge on any atom is -0.399 e. The zero-order chi connectivity index (χ0) is 14.2. The third-order valence-corrected chi connectivity index (χ3v) is 5.50. The van der Waals surface area contributed by atoms with Gasteiger partial charge in [0.05, 0.1) is 0 Å². The highest BCUT2D eigenvalue weighted by Crippen LogP contribution is 2.49. The Morgan fingerprint density at radius 1 is 1.05 bits per heavy atom. The van der Waals surface area contributed by atoms with Crippen LogP contribution >= 0.6 is 11.8 Å². The van der Waals surface area contributed by atoms with Gasteiger partial charge in [0, 0.05) is 21.8 Å². The van der Waals surface area contributed by atoms with Crippen LogP contribution in [-0.4, -0.2) is 5.25 Å². The predicted molar refractivity (Wildman–Crippen MR) is 89.9 cm³/mol. The van der Waals surface area contributed by atoms with E-state index in [4.69, 9.17) is 5.73 Å². The van der Waals surface area contributed by atoms with Gasteiger partial charge in [0.1, 0.15) is 0 Å². The summed E-state index contributed by atoms with van der Waals surface area (Å²) in [6, 6.07) is 16.8. The Kier molecular flexibility index (Phi) is 3.02. The molecule has 1 aliphatic heterocycles. The van der Waals surface area contributed by atoms with Gasteiger partial charge in [-0.15, -0.1) is 11.8 Å². The second kappa shape index (κ2) is 5.02. The molecule has 1 aliphatic carbocycles. The smallest absolute Gasteiger partial charge is 0.0498 e. The number of rotatable bonds is 2. The van der Waals surface area contributed by atoms with Crippen molar-refractivity contribution in [1.82, 2.24) is 0 Å². The highest BCUT2D eigenvalue weighted by Gasteiger charge is 2.34. The molecule has 1 nitrogen and oxygen atoms in total. The molecule has 2 aromatic carbocycles. The van der Waals surface area contributed by atoms with E-state index in [9.17, 15) is 0 Å². The number of hydrogen-bond donors (Lipinski definition) is 1. The molecular formula is C19H15NS. The van der Waals surface area contributed by atoms with Crippen molar-refractivity contribution in [1.29, 1.82) is 0 Å². The molecule has 102 valence electrons. The monoisotopic (exact) mass is 289 g/mol. The summed E-state index contributed by atoms with van der Waals surface area (Å²) < 4.78 is 0. The number of allylic oxidation sites excluding steroid dienone is 1. The third-order valence-electron chi connectivity index (χ3n) is 4.06. The number of thioether (sulfide) groups is 1. The standard InChI is InChI=1S/C19H15NS/c20-15-10-8-13(9-11-15)12-14-4-3-6-17-16-5-1-2-7-18(16)21-19(14)17/h1-2,5-11,14,19H,12,20H2/t14?,19-/m1/s1. The fourth-order valence-electron chi connectivity index (χ4n) is 2.99. The molecule has 1 unspecified atom stereocenters. The lowest BCUT2D eigenvalue weighted by Crippen LogP contribution is -2.19. The molecule has 0 bridgehead atoms. The molecule has 2 N–H and O–H groups in total. The van der Waals surface area contributed by atoms with Gasteiger partial charge in [0.25, 0.3) is 0 Å². The SMILES string of the molecule is Nc1ccc(CC2C#CC=C3c4ccccc4S[C@@H]32)cc1. The second-order valence-corrected chi connectivity index (χ2v) is 6.66. The van der Waals surface area contributed by atoms with E-state index in [2.05, 4.69) is 54.3 Å². The minimum atomic E-state index is 0.367. The van der Waals surface area contributed by atoms with Crippen LogP contribution in [0.4, 0.5) is 5.69 Å². The maximum absolute atomic E-state index is 5.76. The second-order valence-electron chi connectivity index (χ2n) is 5.48. The lowest BCUT2D eigenvalue weighted by atomic mass is 9.87. The van der Waals surface area contributed by atoms with Crippen LogP contribution < -0.4 is 5.73 Å². The van der Waals surface area contributed by atoms with Gasteiger partial charge in [-0.2, -0.15) is 0 Å². The van der Waals surface area contributed by atoms with Crippen molar-refractivity contribution >= 4 is 23.0 Å². The molecule has 2 aromatic rings. The Balaban J connectivity index is 1.62. The van der Waals surface area contributed by atoms with E-state index < -0.39 is 0 Å². The van der Waals surface area contributed by atoms with Crippen LogP contribution in [0.5, 0.6) is 0 Å². The van der Waals surface area contributed by atoms with E-state index in [0.717, 1.165) is 12.1 Å². The van der Waals surface area contributed by atoms with Gasteiger partial charge < -0.3 is 5.73 Å². The lowest BCUT2D eigenvalue weighted by molar-refractivity contribution is 0.706. The first kappa shape index (κ1) is 12.6.